The van der Waals surface area contributed by atoms with Crippen molar-refractivity contribution in [3.8, 4) is 0 Å². The minimum atomic E-state index is -4.04. The van der Waals surface area contributed by atoms with Crippen molar-refractivity contribution in [2.24, 2.45) is 0 Å². The van der Waals surface area contributed by atoms with Gasteiger partial charge in [-0.05, 0) is 75.1 Å². The van der Waals surface area contributed by atoms with Gasteiger partial charge in [0, 0.05) is 12.1 Å². The molecule has 0 fully saturated rings. The van der Waals surface area contributed by atoms with Crippen LogP contribution in [0.2, 0.25) is 0 Å². The maximum absolute atomic E-state index is 14.4. The smallest absolute Gasteiger partial charge is 0.243 e. The second-order valence-electron chi connectivity index (χ2n) is 8.76. The Morgan fingerprint density at radius 2 is 1.56 bits per heavy atom. The number of hydrogen-bond acceptors (Lipinski definition) is 3. The lowest BCUT2D eigenvalue weighted by molar-refractivity contribution is -0.122. The molecule has 0 saturated carbocycles. The fourth-order valence-corrected chi connectivity index (χ4v) is 5.25. The molecular weight excluding hydrogens is 451 g/mol. The van der Waals surface area contributed by atoms with Crippen molar-refractivity contribution >= 4 is 15.9 Å². The Morgan fingerprint density at radius 1 is 0.941 bits per heavy atom. The summed E-state index contributed by atoms with van der Waals surface area (Å²) in [6, 6.07) is 16.1. The fourth-order valence-electron chi connectivity index (χ4n) is 3.88. The van der Waals surface area contributed by atoms with Gasteiger partial charge in [-0.1, -0.05) is 48.0 Å². The van der Waals surface area contributed by atoms with E-state index in [1.54, 1.807) is 18.2 Å². The molecule has 0 aliphatic rings. The van der Waals surface area contributed by atoms with E-state index in [1.807, 2.05) is 40.7 Å². The Morgan fingerprint density at radius 3 is 2.21 bits per heavy atom. The van der Waals surface area contributed by atoms with E-state index in [-0.39, 0.29) is 23.0 Å². The standard InChI is InChI=1S/C27H31FN2O3S/c1-18-10-12-24(13-11-18)34(32,33)30(16-23-8-6-7-9-26(23)28)17-27(31)29-22(5)25-15-20(3)19(2)14-21(25)4/h6-15,22H,16-17H2,1-5H3,(H,29,31)/t22-/m1/s1. The van der Waals surface area contributed by atoms with Crippen LogP contribution in [0.5, 0.6) is 0 Å². The number of hydrogen-bond donors (Lipinski definition) is 1. The molecule has 5 nitrogen and oxygen atoms in total. The predicted octanol–water partition coefficient (Wildman–Crippen LogP) is 5.13. The molecule has 0 radical (unpaired) electrons. The maximum Gasteiger partial charge on any atom is 0.243 e. The van der Waals surface area contributed by atoms with E-state index >= 15 is 0 Å². The van der Waals surface area contributed by atoms with E-state index in [2.05, 4.69) is 11.4 Å². The summed E-state index contributed by atoms with van der Waals surface area (Å²) in [5.41, 5.74) is 5.41. The molecule has 3 aromatic rings. The minimum Gasteiger partial charge on any atom is -0.348 e. The highest BCUT2D eigenvalue weighted by Gasteiger charge is 2.28. The monoisotopic (exact) mass is 482 g/mol. The van der Waals surface area contributed by atoms with Crippen molar-refractivity contribution < 1.29 is 17.6 Å². The van der Waals surface area contributed by atoms with Crippen molar-refractivity contribution in [1.82, 2.24) is 9.62 Å². The van der Waals surface area contributed by atoms with Crippen molar-refractivity contribution in [3.63, 3.8) is 0 Å². The summed E-state index contributed by atoms with van der Waals surface area (Å²) in [5, 5.41) is 2.91. The van der Waals surface area contributed by atoms with E-state index in [9.17, 15) is 17.6 Å². The van der Waals surface area contributed by atoms with Gasteiger partial charge in [-0.15, -0.1) is 0 Å². The molecule has 3 aromatic carbocycles. The molecule has 0 aromatic heterocycles. The number of aryl methyl sites for hydroxylation is 4. The maximum atomic E-state index is 14.4. The Hall–Kier alpha value is -3.03. The van der Waals surface area contributed by atoms with Crippen LogP contribution in [0.1, 0.15) is 46.3 Å². The third-order valence-corrected chi connectivity index (χ3v) is 7.82. The predicted molar refractivity (Wildman–Crippen MR) is 132 cm³/mol. The molecule has 1 N–H and O–H groups in total. The minimum absolute atomic E-state index is 0.0558. The van der Waals surface area contributed by atoms with Gasteiger partial charge in [0.25, 0.3) is 0 Å². The molecule has 0 bridgehead atoms. The topological polar surface area (TPSA) is 66.5 Å². The zero-order valence-corrected chi connectivity index (χ0v) is 21.0. The number of carbonyl (C=O) groups excluding carboxylic acids is 1. The van der Waals surface area contributed by atoms with Crippen LogP contribution in [0.25, 0.3) is 0 Å². The highest BCUT2D eigenvalue weighted by atomic mass is 32.2. The molecule has 0 saturated heterocycles. The molecule has 0 heterocycles. The molecule has 1 atom stereocenters. The van der Waals surface area contributed by atoms with Crippen LogP contribution in [0, 0.1) is 33.5 Å². The third-order valence-electron chi connectivity index (χ3n) is 6.01. The third kappa shape index (κ3) is 5.90. The van der Waals surface area contributed by atoms with E-state index < -0.39 is 28.3 Å². The summed E-state index contributed by atoms with van der Waals surface area (Å²) in [4.78, 5) is 13.1. The molecular formula is C27H31FN2O3S. The van der Waals surface area contributed by atoms with Crippen molar-refractivity contribution in [2.75, 3.05) is 6.54 Å². The van der Waals surface area contributed by atoms with E-state index in [4.69, 9.17) is 0 Å². The summed E-state index contributed by atoms with van der Waals surface area (Å²) in [6.45, 7) is 9.06. The Balaban J connectivity index is 1.87. The normalized spacial score (nSPS) is 12.6. The average molecular weight is 483 g/mol. The summed E-state index contributed by atoms with van der Waals surface area (Å²) < 4.78 is 42.2. The fraction of sp³-hybridized carbons (Fsp3) is 0.296. The highest BCUT2D eigenvalue weighted by Crippen LogP contribution is 2.23. The van der Waals surface area contributed by atoms with Gasteiger partial charge in [-0.3, -0.25) is 4.79 Å². The van der Waals surface area contributed by atoms with Gasteiger partial charge in [-0.25, -0.2) is 12.8 Å². The lowest BCUT2D eigenvalue weighted by Crippen LogP contribution is -2.41. The quantitative estimate of drug-likeness (QED) is 0.484. The molecule has 180 valence electrons. The molecule has 34 heavy (non-hydrogen) atoms. The summed E-state index contributed by atoms with van der Waals surface area (Å²) in [7, 11) is -4.04. The first-order valence-corrected chi connectivity index (χ1v) is 12.6. The second kappa shape index (κ2) is 10.5. The molecule has 0 aliphatic carbocycles. The zero-order valence-electron chi connectivity index (χ0n) is 20.2. The molecule has 0 unspecified atom stereocenters. The molecule has 0 spiro atoms. The van der Waals surface area contributed by atoms with Gasteiger partial charge < -0.3 is 5.32 Å². The average Bonchev–Trinajstić information content (AvgIpc) is 2.77. The lowest BCUT2D eigenvalue weighted by Gasteiger charge is -2.24. The van der Waals surface area contributed by atoms with Crippen molar-refractivity contribution in [1.29, 1.82) is 0 Å². The van der Waals surface area contributed by atoms with E-state index in [1.165, 1.54) is 35.9 Å². The first-order chi connectivity index (χ1) is 16.0. The molecule has 7 heteroatoms. The molecule has 3 rings (SSSR count). The largest absolute Gasteiger partial charge is 0.348 e. The van der Waals surface area contributed by atoms with Crippen LogP contribution in [-0.2, 0) is 21.4 Å². The first-order valence-electron chi connectivity index (χ1n) is 11.2. The Bertz CT molecular complexity index is 1290. The summed E-state index contributed by atoms with van der Waals surface area (Å²) in [6.07, 6.45) is 0. The number of sulfonamides is 1. The number of benzene rings is 3. The van der Waals surface area contributed by atoms with Gasteiger partial charge in [-0.2, -0.15) is 4.31 Å². The second-order valence-corrected chi connectivity index (χ2v) is 10.7. The number of nitrogens with zero attached hydrogens (tertiary/aromatic N) is 1. The van der Waals surface area contributed by atoms with Gasteiger partial charge >= 0.3 is 0 Å². The number of nitrogens with one attached hydrogen (secondary N) is 1. The van der Waals surface area contributed by atoms with Crippen LogP contribution >= 0.6 is 0 Å². The van der Waals surface area contributed by atoms with Crippen molar-refractivity contribution in [2.45, 2.75) is 52.1 Å². The van der Waals surface area contributed by atoms with Gasteiger partial charge in [0.05, 0.1) is 17.5 Å². The van der Waals surface area contributed by atoms with Gasteiger partial charge in [0.2, 0.25) is 15.9 Å². The highest BCUT2D eigenvalue weighted by molar-refractivity contribution is 7.89. The number of rotatable bonds is 8. The van der Waals surface area contributed by atoms with Crippen LogP contribution in [0.4, 0.5) is 4.39 Å². The Kier molecular flexibility index (Phi) is 7.89. The van der Waals surface area contributed by atoms with E-state index in [0.29, 0.717) is 0 Å². The number of halogens is 1. The molecule has 0 aliphatic heterocycles. The van der Waals surface area contributed by atoms with Crippen LogP contribution in [-0.4, -0.2) is 25.2 Å². The first kappa shape index (κ1) is 25.6. The van der Waals surface area contributed by atoms with E-state index in [0.717, 1.165) is 26.6 Å². The number of carbonyl (C=O) groups is 1. The van der Waals surface area contributed by atoms with Crippen LogP contribution < -0.4 is 5.32 Å². The SMILES string of the molecule is Cc1ccc(S(=O)(=O)N(CC(=O)N[C@H](C)c2cc(C)c(C)cc2C)Cc2ccccc2F)cc1. The van der Waals surface area contributed by atoms with Crippen LogP contribution in [0.15, 0.2) is 65.6 Å². The number of amides is 1. The van der Waals surface area contributed by atoms with Crippen molar-refractivity contribution in [3.05, 3.63) is 99.9 Å². The summed E-state index contributed by atoms with van der Waals surface area (Å²) in [5.74, 6) is -0.983. The lowest BCUT2D eigenvalue weighted by atomic mass is 9.96. The zero-order chi connectivity index (χ0) is 25.0. The van der Waals surface area contributed by atoms with Crippen LogP contribution in [0.3, 0.4) is 0 Å². The molecule has 1 amide bonds. The van der Waals surface area contributed by atoms with Gasteiger partial charge in [0.1, 0.15) is 5.82 Å². The van der Waals surface area contributed by atoms with Gasteiger partial charge in [0.15, 0.2) is 0 Å². The summed E-state index contributed by atoms with van der Waals surface area (Å²) >= 11 is 0. The Labute approximate surface area is 201 Å².